The van der Waals surface area contributed by atoms with Gasteiger partial charge in [-0.05, 0) is 37.1 Å². The number of anilines is 1. The number of amides is 1. The second-order valence-corrected chi connectivity index (χ2v) is 6.06. The predicted molar refractivity (Wildman–Crippen MR) is 72.5 cm³/mol. The average Bonchev–Trinajstić information content (AvgIpc) is 2.82. The SMILES string of the molecule is Nc1ccc(S(=O)CC(=O)NC2CCCC2)cc1. The van der Waals surface area contributed by atoms with Gasteiger partial charge in [0.25, 0.3) is 0 Å². The van der Waals surface area contributed by atoms with Crippen molar-refractivity contribution >= 4 is 22.4 Å². The number of nitrogens with two attached hydrogens (primary N) is 1. The number of nitrogens with one attached hydrogen (secondary N) is 1. The van der Waals surface area contributed by atoms with Gasteiger partial charge in [-0.15, -0.1) is 0 Å². The highest BCUT2D eigenvalue weighted by Gasteiger charge is 2.18. The summed E-state index contributed by atoms with van der Waals surface area (Å²) < 4.78 is 11.9. The van der Waals surface area contributed by atoms with Crippen LogP contribution >= 0.6 is 0 Å². The van der Waals surface area contributed by atoms with E-state index in [1.54, 1.807) is 24.3 Å². The highest BCUT2D eigenvalue weighted by atomic mass is 32.2. The summed E-state index contributed by atoms with van der Waals surface area (Å²) >= 11 is 0. The molecule has 1 saturated carbocycles. The Labute approximate surface area is 109 Å². The Kier molecular flexibility index (Phi) is 4.36. The normalized spacial score (nSPS) is 17.6. The van der Waals surface area contributed by atoms with Crippen molar-refractivity contribution in [3.63, 3.8) is 0 Å². The number of hydrogen-bond donors (Lipinski definition) is 2. The summed E-state index contributed by atoms with van der Waals surface area (Å²) in [5, 5.41) is 2.93. The van der Waals surface area contributed by atoms with E-state index in [-0.39, 0.29) is 17.7 Å². The number of hydrogen-bond acceptors (Lipinski definition) is 3. The van der Waals surface area contributed by atoms with E-state index in [0.29, 0.717) is 10.6 Å². The predicted octanol–water partition coefficient (Wildman–Crippen LogP) is 1.44. The zero-order valence-corrected chi connectivity index (χ0v) is 11.0. The third-order valence-electron chi connectivity index (χ3n) is 3.13. The Morgan fingerprint density at radius 1 is 1.28 bits per heavy atom. The molecule has 1 aliphatic rings. The molecule has 0 aliphatic heterocycles. The first kappa shape index (κ1) is 13.1. The first-order valence-electron chi connectivity index (χ1n) is 6.18. The van der Waals surface area contributed by atoms with Gasteiger partial charge in [-0.25, -0.2) is 0 Å². The van der Waals surface area contributed by atoms with Crippen molar-refractivity contribution in [2.45, 2.75) is 36.6 Å². The molecule has 0 heterocycles. The fraction of sp³-hybridized carbons (Fsp3) is 0.462. The third-order valence-corrected chi connectivity index (χ3v) is 4.45. The van der Waals surface area contributed by atoms with Crippen LogP contribution in [0.4, 0.5) is 5.69 Å². The smallest absolute Gasteiger partial charge is 0.233 e. The van der Waals surface area contributed by atoms with Gasteiger partial charge < -0.3 is 11.1 Å². The van der Waals surface area contributed by atoms with Crippen molar-refractivity contribution in [3.05, 3.63) is 24.3 Å². The van der Waals surface area contributed by atoms with Gasteiger partial charge in [-0.2, -0.15) is 0 Å². The molecule has 1 unspecified atom stereocenters. The molecule has 0 saturated heterocycles. The summed E-state index contributed by atoms with van der Waals surface area (Å²) in [6.45, 7) is 0. The molecule has 5 heteroatoms. The monoisotopic (exact) mass is 266 g/mol. The molecule has 4 nitrogen and oxygen atoms in total. The lowest BCUT2D eigenvalue weighted by molar-refractivity contribution is -0.119. The van der Waals surface area contributed by atoms with Crippen molar-refractivity contribution in [1.29, 1.82) is 0 Å². The molecule has 1 amide bonds. The van der Waals surface area contributed by atoms with Gasteiger partial charge in [0.15, 0.2) is 0 Å². The number of nitrogen functional groups attached to an aromatic ring is 1. The van der Waals surface area contributed by atoms with E-state index in [9.17, 15) is 9.00 Å². The quantitative estimate of drug-likeness (QED) is 0.810. The molecule has 1 atom stereocenters. The minimum Gasteiger partial charge on any atom is -0.399 e. The number of benzene rings is 1. The van der Waals surface area contributed by atoms with Crippen LogP contribution in [0.25, 0.3) is 0 Å². The Morgan fingerprint density at radius 3 is 2.50 bits per heavy atom. The molecular formula is C13H18N2O2S. The highest BCUT2D eigenvalue weighted by Crippen LogP contribution is 2.17. The van der Waals surface area contributed by atoms with Gasteiger partial charge in [0.05, 0.1) is 10.8 Å². The Morgan fingerprint density at radius 2 is 1.89 bits per heavy atom. The molecule has 0 aromatic heterocycles. The van der Waals surface area contributed by atoms with Gasteiger partial charge in [-0.3, -0.25) is 9.00 Å². The van der Waals surface area contributed by atoms with Gasteiger partial charge >= 0.3 is 0 Å². The minimum absolute atomic E-state index is 0.0282. The van der Waals surface area contributed by atoms with Crippen LogP contribution in [0, 0.1) is 0 Å². The van der Waals surface area contributed by atoms with Crippen LogP contribution in [0.5, 0.6) is 0 Å². The number of rotatable bonds is 4. The van der Waals surface area contributed by atoms with Crippen LogP contribution in [0.2, 0.25) is 0 Å². The van der Waals surface area contributed by atoms with Crippen molar-refractivity contribution in [2.24, 2.45) is 0 Å². The topological polar surface area (TPSA) is 72.2 Å². The molecule has 1 aromatic carbocycles. The zero-order valence-electron chi connectivity index (χ0n) is 10.2. The lowest BCUT2D eigenvalue weighted by atomic mass is 10.2. The highest BCUT2D eigenvalue weighted by molar-refractivity contribution is 7.85. The van der Waals surface area contributed by atoms with Gasteiger partial charge in [0, 0.05) is 16.6 Å². The van der Waals surface area contributed by atoms with Gasteiger partial charge in [0.2, 0.25) is 5.91 Å². The molecular weight excluding hydrogens is 248 g/mol. The summed E-state index contributed by atoms with van der Waals surface area (Å²) in [6.07, 6.45) is 4.43. The van der Waals surface area contributed by atoms with Crippen LogP contribution in [-0.4, -0.2) is 21.9 Å². The molecule has 2 rings (SSSR count). The summed E-state index contributed by atoms with van der Waals surface area (Å²) in [4.78, 5) is 12.4. The number of carbonyl (C=O) groups is 1. The maximum Gasteiger partial charge on any atom is 0.233 e. The summed E-state index contributed by atoms with van der Waals surface area (Å²) in [6, 6.07) is 7.08. The van der Waals surface area contributed by atoms with E-state index in [0.717, 1.165) is 12.8 Å². The molecule has 0 radical (unpaired) electrons. The fourth-order valence-corrected chi connectivity index (χ4v) is 3.09. The molecule has 1 aromatic rings. The third kappa shape index (κ3) is 3.57. The van der Waals surface area contributed by atoms with Crippen molar-refractivity contribution in [1.82, 2.24) is 5.32 Å². The van der Waals surface area contributed by atoms with Crippen LogP contribution in [0.3, 0.4) is 0 Å². The average molecular weight is 266 g/mol. The lowest BCUT2D eigenvalue weighted by Crippen LogP contribution is -2.35. The number of carbonyl (C=O) groups excluding carboxylic acids is 1. The molecule has 0 bridgehead atoms. The van der Waals surface area contributed by atoms with E-state index in [4.69, 9.17) is 5.73 Å². The second-order valence-electron chi connectivity index (χ2n) is 4.61. The van der Waals surface area contributed by atoms with Gasteiger partial charge in [0.1, 0.15) is 5.75 Å². The Hall–Kier alpha value is -1.36. The van der Waals surface area contributed by atoms with Crippen LogP contribution in [-0.2, 0) is 15.6 Å². The fourth-order valence-electron chi connectivity index (χ4n) is 2.16. The Bertz CT molecular complexity index is 439. The van der Waals surface area contributed by atoms with E-state index in [1.807, 2.05) is 0 Å². The van der Waals surface area contributed by atoms with Crippen LogP contribution in [0.15, 0.2) is 29.2 Å². The van der Waals surface area contributed by atoms with E-state index in [2.05, 4.69) is 5.32 Å². The van der Waals surface area contributed by atoms with Crippen molar-refractivity contribution < 1.29 is 9.00 Å². The molecule has 3 N–H and O–H groups in total. The van der Waals surface area contributed by atoms with Crippen molar-refractivity contribution in [3.8, 4) is 0 Å². The molecule has 1 fully saturated rings. The van der Waals surface area contributed by atoms with Crippen molar-refractivity contribution in [2.75, 3.05) is 11.5 Å². The zero-order chi connectivity index (χ0) is 13.0. The van der Waals surface area contributed by atoms with E-state index in [1.165, 1.54) is 12.8 Å². The first-order valence-corrected chi connectivity index (χ1v) is 7.50. The molecule has 1 aliphatic carbocycles. The second kappa shape index (κ2) is 6.00. The lowest BCUT2D eigenvalue weighted by Gasteiger charge is -2.11. The van der Waals surface area contributed by atoms with Crippen LogP contribution < -0.4 is 11.1 Å². The van der Waals surface area contributed by atoms with E-state index >= 15 is 0 Å². The van der Waals surface area contributed by atoms with E-state index < -0.39 is 10.8 Å². The standard InChI is InChI=1S/C13H18N2O2S/c14-10-5-7-12(8-6-10)18(17)9-13(16)15-11-3-1-2-4-11/h5-8,11H,1-4,9,14H2,(H,15,16). The van der Waals surface area contributed by atoms with Crippen LogP contribution in [0.1, 0.15) is 25.7 Å². The molecule has 18 heavy (non-hydrogen) atoms. The summed E-state index contributed by atoms with van der Waals surface area (Å²) in [5.41, 5.74) is 6.19. The van der Waals surface area contributed by atoms with Gasteiger partial charge in [-0.1, -0.05) is 12.8 Å². The molecule has 0 spiro atoms. The minimum atomic E-state index is -1.29. The molecule has 98 valence electrons. The maximum absolute atomic E-state index is 11.9. The maximum atomic E-state index is 11.9. The largest absolute Gasteiger partial charge is 0.399 e. The Balaban J connectivity index is 1.86. The first-order chi connectivity index (χ1) is 8.65. The summed E-state index contributed by atoms with van der Waals surface area (Å²) in [7, 11) is -1.29. The summed E-state index contributed by atoms with van der Waals surface area (Å²) in [5.74, 6) is -0.0995.